The summed E-state index contributed by atoms with van der Waals surface area (Å²) in [6, 6.07) is 0. The SMILES string of the molecule is CC(C)COC(=O)Nc1c(C(C)(C)C)c(C2CC(F)(F)C2)nn1C. The van der Waals surface area contributed by atoms with Crippen molar-refractivity contribution >= 4 is 11.9 Å². The molecule has 0 atom stereocenters. The van der Waals surface area contributed by atoms with Gasteiger partial charge in [0.25, 0.3) is 0 Å². The molecule has 0 unspecified atom stereocenters. The van der Waals surface area contributed by atoms with Crippen molar-refractivity contribution in [1.29, 1.82) is 0 Å². The molecular weight excluding hydrogens is 316 g/mol. The Balaban J connectivity index is 2.27. The lowest BCUT2D eigenvalue weighted by molar-refractivity contribution is -0.0879. The van der Waals surface area contributed by atoms with E-state index in [1.54, 1.807) is 11.7 Å². The van der Waals surface area contributed by atoms with Gasteiger partial charge in [0, 0.05) is 31.4 Å². The smallest absolute Gasteiger partial charge is 0.412 e. The highest BCUT2D eigenvalue weighted by atomic mass is 19.3. The fraction of sp³-hybridized carbons (Fsp3) is 0.765. The molecule has 0 radical (unpaired) electrons. The standard InChI is InChI=1S/C17H27F2N3O2/c1-10(2)9-24-15(23)20-14-12(16(3,4)5)13(21-22(14)6)11-7-17(18,19)8-11/h10-11H,7-9H2,1-6H3,(H,20,23). The Labute approximate surface area is 141 Å². The molecule has 1 saturated carbocycles. The minimum absolute atomic E-state index is 0.190. The number of anilines is 1. The first kappa shape index (κ1) is 18.7. The van der Waals surface area contributed by atoms with E-state index >= 15 is 0 Å². The number of amides is 1. The highest BCUT2D eigenvalue weighted by molar-refractivity contribution is 5.85. The van der Waals surface area contributed by atoms with Gasteiger partial charge in [0.15, 0.2) is 0 Å². The summed E-state index contributed by atoms with van der Waals surface area (Å²) in [4.78, 5) is 12.0. The van der Waals surface area contributed by atoms with Gasteiger partial charge in [-0.05, 0) is 11.3 Å². The summed E-state index contributed by atoms with van der Waals surface area (Å²) in [7, 11) is 1.70. The first-order valence-electron chi connectivity index (χ1n) is 8.29. The summed E-state index contributed by atoms with van der Waals surface area (Å²) in [6.07, 6.45) is -0.933. The number of carbonyl (C=O) groups excluding carboxylic acids is 1. The minimum atomic E-state index is -2.61. The van der Waals surface area contributed by atoms with Gasteiger partial charge in [-0.2, -0.15) is 5.10 Å². The van der Waals surface area contributed by atoms with Crippen molar-refractivity contribution in [2.75, 3.05) is 11.9 Å². The second-order valence-electron chi connectivity index (χ2n) is 8.06. The lowest BCUT2D eigenvalue weighted by atomic mass is 9.74. The Morgan fingerprint density at radius 1 is 1.42 bits per heavy atom. The van der Waals surface area contributed by atoms with Crippen LogP contribution in [0.2, 0.25) is 0 Å². The van der Waals surface area contributed by atoms with Crippen molar-refractivity contribution in [2.24, 2.45) is 13.0 Å². The van der Waals surface area contributed by atoms with Gasteiger partial charge in [0.2, 0.25) is 5.92 Å². The molecule has 7 heteroatoms. The molecule has 0 spiro atoms. The van der Waals surface area contributed by atoms with E-state index in [1.165, 1.54) is 0 Å². The van der Waals surface area contributed by atoms with Crippen molar-refractivity contribution in [3.63, 3.8) is 0 Å². The molecule has 136 valence electrons. The van der Waals surface area contributed by atoms with E-state index in [0.717, 1.165) is 5.56 Å². The molecular formula is C17H27F2N3O2. The molecule has 1 aliphatic carbocycles. The largest absolute Gasteiger partial charge is 0.449 e. The number of aromatic nitrogens is 2. The number of hydrogen-bond acceptors (Lipinski definition) is 3. The van der Waals surface area contributed by atoms with Gasteiger partial charge in [-0.15, -0.1) is 0 Å². The number of alkyl halides is 2. The van der Waals surface area contributed by atoms with Crippen LogP contribution in [0.1, 0.15) is 64.6 Å². The molecule has 24 heavy (non-hydrogen) atoms. The molecule has 2 rings (SSSR count). The Morgan fingerprint density at radius 3 is 2.46 bits per heavy atom. The fourth-order valence-electron chi connectivity index (χ4n) is 2.94. The summed E-state index contributed by atoms with van der Waals surface area (Å²) in [5.74, 6) is -2.14. The highest BCUT2D eigenvalue weighted by Gasteiger charge is 2.49. The van der Waals surface area contributed by atoms with Crippen LogP contribution in [0.25, 0.3) is 0 Å². The average Bonchev–Trinajstić information content (AvgIpc) is 2.70. The van der Waals surface area contributed by atoms with Crippen LogP contribution in [-0.2, 0) is 17.2 Å². The average molecular weight is 343 g/mol. The summed E-state index contributed by atoms with van der Waals surface area (Å²) >= 11 is 0. The maximum absolute atomic E-state index is 13.3. The topological polar surface area (TPSA) is 56.1 Å². The number of nitrogens with one attached hydrogen (secondary N) is 1. The second-order valence-corrected chi connectivity index (χ2v) is 8.06. The zero-order chi connectivity index (χ0) is 18.3. The normalized spacial score (nSPS) is 17.7. The summed E-state index contributed by atoms with van der Waals surface area (Å²) in [6.45, 7) is 10.2. The van der Waals surface area contributed by atoms with Crippen LogP contribution in [0.5, 0.6) is 0 Å². The number of halogens is 2. The van der Waals surface area contributed by atoms with Crippen LogP contribution in [-0.4, -0.2) is 28.4 Å². The minimum Gasteiger partial charge on any atom is -0.449 e. The van der Waals surface area contributed by atoms with Crippen molar-refractivity contribution in [2.45, 2.75) is 64.7 Å². The number of hydrogen-bond donors (Lipinski definition) is 1. The van der Waals surface area contributed by atoms with Crippen LogP contribution >= 0.6 is 0 Å². The van der Waals surface area contributed by atoms with Crippen LogP contribution in [0.4, 0.5) is 19.4 Å². The quantitative estimate of drug-likeness (QED) is 0.879. The Kier molecular flexibility index (Phi) is 4.93. The zero-order valence-corrected chi connectivity index (χ0v) is 15.2. The van der Waals surface area contributed by atoms with Gasteiger partial charge in [0.1, 0.15) is 5.82 Å². The van der Waals surface area contributed by atoms with Crippen molar-refractivity contribution in [3.05, 3.63) is 11.3 Å². The molecule has 1 aromatic rings. The van der Waals surface area contributed by atoms with Crippen molar-refractivity contribution in [1.82, 2.24) is 9.78 Å². The van der Waals surface area contributed by atoms with E-state index in [9.17, 15) is 13.6 Å². The third-order valence-corrected chi connectivity index (χ3v) is 4.07. The van der Waals surface area contributed by atoms with Crippen molar-refractivity contribution in [3.8, 4) is 0 Å². The van der Waals surface area contributed by atoms with Gasteiger partial charge in [-0.3, -0.25) is 10.00 Å². The molecule has 1 heterocycles. The van der Waals surface area contributed by atoms with Gasteiger partial charge >= 0.3 is 6.09 Å². The van der Waals surface area contributed by atoms with E-state index < -0.39 is 12.0 Å². The lowest BCUT2D eigenvalue weighted by Gasteiger charge is -2.35. The zero-order valence-electron chi connectivity index (χ0n) is 15.2. The van der Waals surface area contributed by atoms with E-state index in [4.69, 9.17) is 4.74 Å². The summed E-state index contributed by atoms with van der Waals surface area (Å²) in [5, 5.41) is 7.16. The molecule has 1 fully saturated rings. The van der Waals surface area contributed by atoms with Crippen LogP contribution in [0.15, 0.2) is 0 Å². The van der Waals surface area contributed by atoms with E-state index in [-0.39, 0.29) is 30.1 Å². The highest BCUT2D eigenvalue weighted by Crippen LogP contribution is 2.51. The third kappa shape index (κ3) is 4.05. The van der Waals surface area contributed by atoms with Crippen LogP contribution in [0, 0.1) is 5.92 Å². The number of aryl methyl sites for hydroxylation is 1. The first-order chi connectivity index (χ1) is 10.9. The van der Waals surface area contributed by atoms with Crippen LogP contribution < -0.4 is 5.32 Å². The Hall–Kier alpha value is -1.66. The fourth-order valence-corrected chi connectivity index (χ4v) is 2.94. The molecule has 0 saturated heterocycles. The lowest BCUT2D eigenvalue weighted by Crippen LogP contribution is -2.35. The monoisotopic (exact) mass is 343 g/mol. The van der Waals surface area contributed by atoms with Gasteiger partial charge in [-0.1, -0.05) is 34.6 Å². The maximum atomic E-state index is 13.3. The van der Waals surface area contributed by atoms with Gasteiger partial charge in [-0.25, -0.2) is 13.6 Å². The third-order valence-electron chi connectivity index (χ3n) is 4.07. The maximum Gasteiger partial charge on any atom is 0.412 e. The number of nitrogens with zero attached hydrogens (tertiary/aromatic N) is 2. The Bertz CT molecular complexity index is 610. The molecule has 1 N–H and O–H groups in total. The molecule has 0 aliphatic heterocycles. The van der Waals surface area contributed by atoms with Crippen LogP contribution in [0.3, 0.4) is 0 Å². The second kappa shape index (κ2) is 6.33. The molecule has 0 bridgehead atoms. The Morgan fingerprint density at radius 2 is 2.00 bits per heavy atom. The van der Waals surface area contributed by atoms with Gasteiger partial charge < -0.3 is 4.74 Å². The predicted octanol–water partition coefficient (Wildman–Crippen LogP) is 4.43. The molecule has 0 aromatic carbocycles. The number of carbonyl (C=O) groups is 1. The number of ether oxygens (including phenoxy) is 1. The van der Waals surface area contributed by atoms with Gasteiger partial charge in [0.05, 0.1) is 12.3 Å². The summed E-state index contributed by atoms with van der Waals surface area (Å²) < 4.78 is 33.2. The molecule has 1 aliphatic rings. The number of rotatable bonds is 4. The predicted molar refractivity (Wildman–Crippen MR) is 88.6 cm³/mol. The molecule has 1 aromatic heterocycles. The van der Waals surface area contributed by atoms with E-state index in [2.05, 4.69) is 10.4 Å². The first-order valence-corrected chi connectivity index (χ1v) is 8.29. The molecule has 5 nitrogen and oxygen atoms in total. The van der Waals surface area contributed by atoms with E-state index in [1.807, 2.05) is 34.6 Å². The van der Waals surface area contributed by atoms with E-state index in [0.29, 0.717) is 18.1 Å². The summed E-state index contributed by atoms with van der Waals surface area (Å²) in [5.41, 5.74) is 1.11. The molecule has 1 amide bonds. The van der Waals surface area contributed by atoms with Crippen molar-refractivity contribution < 1.29 is 18.3 Å².